The minimum Gasteiger partial charge on any atom is -0.480 e. The Morgan fingerprint density at radius 3 is 2.07 bits per heavy atom. The molecule has 1 saturated heterocycles. The quantitative estimate of drug-likeness (QED) is 0.161. The van der Waals surface area contributed by atoms with E-state index in [1.807, 2.05) is 77.6 Å². The molecule has 1 fully saturated rings. The van der Waals surface area contributed by atoms with E-state index >= 15 is 0 Å². The molecule has 0 saturated carbocycles. The molecule has 42 heavy (non-hydrogen) atoms. The van der Waals surface area contributed by atoms with Gasteiger partial charge in [0.05, 0.1) is 6.20 Å². The monoisotopic (exact) mass is 571 g/mol. The molecule has 210 valence electrons. The van der Waals surface area contributed by atoms with E-state index in [0.29, 0.717) is 0 Å². The average molecular weight is 572 g/mol. The van der Waals surface area contributed by atoms with Gasteiger partial charge in [-0.1, -0.05) is 95.6 Å². The number of nitrogens with zero attached hydrogens (tertiary/aromatic N) is 6. The summed E-state index contributed by atoms with van der Waals surface area (Å²) >= 11 is 0. The van der Waals surface area contributed by atoms with E-state index < -0.39 is 5.97 Å². The fraction of sp³-hybridized carbons (Fsp3) is 0.219. The van der Waals surface area contributed by atoms with Crippen LogP contribution in [0.2, 0.25) is 0 Å². The molecule has 2 aromatic carbocycles. The Hall–Kier alpha value is -4.16. The zero-order valence-corrected chi connectivity index (χ0v) is 26.0. The number of aliphatic carboxylic acids is 1. The van der Waals surface area contributed by atoms with E-state index in [4.69, 9.17) is 22.6 Å². The van der Waals surface area contributed by atoms with Crippen LogP contribution in [-0.4, -0.2) is 38.7 Å². The third-order valence-corrected chi connectivity index (χ3v) is 5.86. The number of carboxylic acid groups (broad SMARTS) is 1. The van der Waals surface area contributed by atoms with Gasteiger partial charge in [-0.05, 0) is 50.9 Å². The average Bonchev–Trinajstić information content (AvgIpc) is 3.84. The van der Waals surface area contributed by atoms with Gasteiger partial charge in [-0.25, -0.2) is 4.68 Å². The van der Waals surface area contributed by atoms with Gasteiger partial charge in [0.1, 0.15) is 11.7 Å². The van der Waals surface area contributed by atoms with Gasteiger partial charge in [-0.2, -0.15) is 0 Å². The Bertz CT molecular complexity index is 1410. The first-order valence-electron chi connectivity index (χ1n) is 13.1. The van der Waals surface area contributed by atoms with Gasteiger partial charge in [-0.15, -0.1) is 11.5 Å². The summed E-state index contributed by atoms with van der Waals surface area (Å²) in [6.07, 6.45) is 23.5. The molecule has 1 aromatic heterocycles. The molecule has 6 rings (SSSR count). The second-order valence-electron chi connectivity index (χ2n) is 8.94. The normalized spacial score (nSPS) is 15.1. The van der Waals surface area contributed by atoms with Crippen LogP contribution in [-0.2, 0) is 4.79 Å². The van der Waals surface area contributed by atoms with Gasteiger partial charge in [0.15, 0.2) is 0 Å². The molecule has 2 N–H and O–H groups in total. The van der Waals surface area contributed by atoms with Crippen LogP contribution in [0.3, 0.4) is 0 Å². The molecule has 1 atom stereocenters. The van der Waals surface area contributed by atoms with Crippen LogP contribution in [0.25, 0.3) is 32.9 Å². The third kappa shape index (κ3) is 14.0. The van der Waals surface area contributed by atoms with Gasteiger partial charge in [-0.3, -0.25) is 9.71 Å². The van der Waals surface area contributed by atoms with Crippen molar-refractivity contribution in [3.05, 3.63) is 130 Å². The van der Waals surface area contributed by atoms with E-state index in [-0.39, 0.29) is 35.6 Å². The maximum absolute atomic E-state index is 10.1. The molecule has 3 aliphatic rings. The molecule has 2 aliphatic carbocycles. The van der Waals surface area contributed by atoms with Crippen LogP contribution in [0.1, 0.15) is 38.2 Å². The molecule has 0 spiro atoms. The first kappa shape index (κ1) is 35.9. The van der Waals surface area contributed by atoms with Crippen LogP contribution in [0, 0.1) is 12.3 Å². The van der Waals surface area contributed by atoms with Crippen molar-refractivity contribution in [3.63, 3.8) is 0 Å². The van der Waals surface area contributed by atoms with Crippen LogP contribution in [0.4, 0.5) is 0 Å². The van der Waals surface area contributed by atoms with Gasteiger partial charge < -0.3 is 21.5 Å². The molecule has 1 unspecified atom stereocenters. The molecule has 1 aliphatic heterocycles. The fourth-order valence-corrected chi connectivity index (χ4v) is 3.74. The third-order valence-electron chi connectivity index (χ3n) is 5.86. The van der Waals surface area contributed by atoms with Gasteiger partial charge >= 0.3 is 35.5 Å². The zero-order valence-electron chi connectivity index (χ0n) is 24.0. The Kier molecular flexibility index (Phi) is 18.4. The number of hydrogen-bond acceptors (Lipinski definition) is 4. The van der Waals surface area contributed by atoms with Crippen molar-refractivity contribution < 1.29 is 39.5 Å². The molecule has 0 radical (unpaired) electrons. The summed E-state index contributed by atoms with van der Waals surface area (Å²) in [4.78, 5) is 11.6. The maximum Gasteiger partial charge on any atom is 1.00 e. The summed E-state index contributed by atoms with van der Waals surface area (Å²) in [6.45, 7) is 3.00. The van der Waals surface area contributed by atoms with Crippen molar-refractivity contribution in [2.45, 2.75) is 38.6 Å². The van der Waals surface area contributed by atoms with Crippen LogP contribution >= 0.6 is 0 Å². The molecule has 0 bridgehead atoms. The number of hydrogen-bond donors (Lipinski definition) is 2. The topological polar surface area (TPSA) is 139 Å². The number of aromatic nitrogens is 3. The number of rotatable bonds is 3. The van der Waals surface area contributed by atoms with Crippen LogP contribution in [0.15, 0.2) is 109 Å². The van der Waals surface area contributed by atoms with Gasteiger partial charge in [0.2, 0.25) is 0 Å². The first-order valence-corrected chi connectivity index (χ1v) is 13.1. The zero-order chi connectivity index (χ0) is 29.7. The van der Waals surface area contributed by atoms with E-state index in [2.05, 4.69) is 58.9 Å². The minimum absolute atomic E-state index is 0. The number of terminal acetylenes is 1. The molecule has 10 heteroatoms. The number of carbonyl (C=O) groups is 1. The predicted molar refractivity (Wildman–Crippen MR) is 164 cm³/mol. The Balaban J connectivity index is 0.000000290. The molecule has 3 aromatic rings. The van der Waals surface area contributed by atoms with E-state index in [9.17, 15) is 4.79 Å². The van der Waals surface area contributed by atoms with Crippen molar-refractivity contribution in [1.82, 2.24) is 20.3 Å². The standard InChI is InChI=1S/C13H11N3.C8H6.C6H8.C5H9NO2.N3.Na/c1-2-6-11(7-3-1)13-10-16(15-14-13)12-8-4-5-9-12;1-2-8-6-4-3-5-7-8;1-6-4-2-3-5-6;7-5(8)4-2-1-3-6-4;1-3-2;/h1-8,10H,9H2;1,3-7H;2-4H,5H2,1H3;4,6H,1-3H2,(H,7,8);;/q;;;;-1;+1. The fourth-order valence-electron chi connectivity index (χ4n) is 3.74. The summed E-state index contributed by atoms with van der Waals surface area (Å²) in [7, 11) is 0. The summed E-state index contributed by atoms with van der Waals surface area (Å²) in [6, 6.07) is 19.4. The van der Waals surface area contributed by atoms with Crippen molar-refractivity contribution >= 4 is 11.7 Å². The van der Waals surface area contributed by atoms with E-state index in [1.165, 1.54) is 16.9 Å². The SMILES string of the molecule is C#Cc1ccccc1.C1=CCC(n2cc(-c3ccccc3)nn2)=C1.CC1=CC=CC1.O=C(O)C1CCCN1.[N-]=[N+]=[N-].[Na+]. The summed E-state index contributed by atoms with van der Waals surface area (Å²) < 4.78 is 1.84. The van der Waals surface area contributed by atoms with Crippen molar-refractivity contribution in [3.8, 4) is 23.6 Å². The van der Waals surface area contributed by atoms with Crippen molar-refractivity contribution in [2.75, 3.05) is 6.54 Å². The number of allylic oxidation sites excluding steroid dienone is 8. The second kappa shape index (κ2) is 21.6. The second-order valence-corrected chi connectivity index (χ2v) is 8.94. The van der Waals surface area contributed by atoms with Crippen molar-refractivity contribution in [2.24, 2.45) is 0 Å². The molecule has 0 amide bonds. The number of benzene rings is 2. The smallest absolute Gasteiger partial charge is 0.480 e. The predicted octanol–water partition coefficient (Wildman–Crippen LogP) is 4.00. The van der Waals surface area contributed by atoms with E-state index in [0.717, 1.165) is 48.3 Å². The number of carboxylic acids is 1. The molecule has 2 heterocycles. The number of nitrogens with one attached hydrogen (secondary N) is 1. The maximum atomic E-state index is 10.1. The summed E-state index contributed by atoms with van der Waals surface area (Å²) in [5, 5.41) is 19.5. The van der Waals surface area contributed by atoms with Gasteiger partial charge in [0.25, 0.3) is 0 Å². The molecular weight excluding hydrogens is 537 g/mol. The van der Waals surface area contributed by atoms with Crippen LogP contribution in [0.5, 0.6) is 0 Å². The Morgan fingerprint density at radius 1 is 1.05 bits per heavy atom. The summed E-state index contributed by atoms with van der Waals surface area (Å²) in [5.74, 6) is 1.81. The molecule has 9 nitrogen and oxygen atoms in total. The summed E-state index contributed by atoms with van der Waals surface area (Å²) in [5.41, 5.74) is 19.1. The van der Waals surface area contributed by atoms with Crippen LogP contribution < -0.4 is 34.9 Å². The van der Waals surface area contributed by atoms with E-state index in [1.54, 1.807) is 0 Å². The Morgan fingerprint density at radius 2 is 1.67 bits per heavy atom. The molecular formula is C32H34N7NaO2. The largest absolute Gasteiger partial charge is 1.00 e. The minimum atomic E-state index is -0.720. The first-order chi connectivity index (χ1) is 20.0. The van der Waals surface area contributed by atoms with Gasteiger partial charge in [0, 0.05) is 23.2 Å². The van der Waals surface area contributed by atoms with Crippen molar-refractivity contribution in [1.29, 1.82) is 0 Å². The Labute approximate surface area is 269 Å².